The van der Waals surface area contributed by atoms with Crippen LogP contribution >= 0.6 is 0 Å². The number of ether oxygens (including phenoxy) is 2. The van der Waals surface area contributed by atoms with E-state index in [2.05, 4.69) is 4.98 Å². The number of ketones is 2. The third-order valence-electron chi connectivity index (χ3n) is 4.36. The fraction of sp³-hybridized carbons (Fsp3) is 0.389. The Morgan fingerprint density at radius 1 is 1.25 bits per heavy atom. The second-order valence-electron chi connectivity index (χ2n) is 6.02. The topological polar surface area (TPSA) is 78.6 Å². The highest BCUT2D eigenvalue weighted by Crippen LogP contribution is 2.32. The number of furan rings is 1. The summed E-state index contributed by atoms with van der Waals surface area (Å²) in [4.78, 5) is 29.1. The fourth-order valence-electron chi connectivity index (χ4n) is 3.08. The van der Waals surface area contributed by atoms with Crippen molar-refractivity contribution in [1.29, 1.82) is 0 Å². The molecule has 24 heavy (non-hydrogen) atoms. The van der Waals surface area contributed by atoms with E-state index in [0.29, 0.717) is 12.4 Å². The quantitative estimate of drug-likeness (QED) is 0.735. The Labute approximate surface area is 138 Å². The molecular formula is C18H17NO5. The van der Waals surface area contributed by atoms with Crippen LogP contribution in [0.25, 0.3) is 0 Å². The summed E-state index contributed by atoms with van der Waals surface area (Å²) in [6, 6.07) is 4.80. The Morgan fingerprint density at radius 2 is 2.12 bits per heavy atom. The van der Waals surface area contributed by atoms with Gasteiger partial charge in [-0.05, 0) is 44.4 Å². The number of carbonyl (C=O) groups is 2. The van der Waals surface area contributed by atoms with E-state index in [1.807, 2.05) is 6.92 Å². The first kappa shape index (κ1) is 15.2. The van der Waals surface area contributed by atoms with Crippen LogP contribution in [-0.2, 0) is 9.47 Å². The molecule has 0 amide bonds. The molecule has 1 aliphatic carbocycles. The molecule has 0 bridgehead atoms. The molecular weight excluding hydrogens is 310 g/mol. The molecule has 2 aromatic heterocycles. The Balaban J connectivity index is 1.62. The molecule has 4 rings (SSSR count). The number of nitrogens with zero attached hydrogens (tertiary/aromatic N) is 1. The van der Waals surface area contributed by atoms with Gasteiger partial charge >= 0.3 is 0 Å². The van der Waals surface area contributed by atoms with E-state index < -0.39 is 6.10 Å². The molecule has 0 saturated carbocycles. The van der Waals surface area contributed by atoms with Gasteiger partial charge in [0.15, 0.2) is 12.1 Å². The van der Waals surface area contributed by atoms with Gasteiger partial charge in [0.2, 0.25) is 11.6 Å². The SMILES string of the molecule is CC(OC1CCCCO1)c1cc2c(o1)C(=O)c1cccnc1C2=O. The van der Waals surface area contributed by atoms with E-state index in [0.717, 1.165) is 19.3 Å². The third-order valence-corrected chi connectivity index (χ3v) is 4.36. The number of pyridine rings is 1. The summed E-state index contributed by atoms with van der Waals surface area (Å²) in [7, 11) is 0. The summed E-state index contributed by atoms with van der Waals surface area (Å²) in [5.41, 5.74) is 0.702. The third kappa shape index (κ3) is 2.48. The van der Waals surface area contributed by atoms with Crippen molar-refractivity contribution < 1.29 is 23.5 Å². The number of hydrogen-bond acceptors (Lipinski definition) is 6. The van der Waals surface area contributed by atoms with E-state index in [1.54, 1.807) is 18.2 Å². The lowest BCUT2D eigenvalue weighted by atomic mass is 9.92. The molecule has 6 heteroatoms. The van der Waals surface area contributed by atoms with Crippen LogP contribution in [0.3, 0.4) is 0 Å². The molecule has 2 aliphatic rings. The highest BCUT2D eigenvalue weighted by molar-refractivity contribution is 6.26. The minimum absolute atomic E-state index is 0.0653. The van der Waals surface area contributed by atoms with E-state index in [4.69, 9.17) is 13.9 Å². The molecule has 1 aliphatic heterocycles. The molecule has 0 radical (unpaired) electrons. The largest absolute Gasteiger partial charge is 0.454 e. The van der Waals surface area contributed by atoms with Crippen LogP contribution in [0, 0.1) is 0 Å². The molecule has 6 nitrogen and oxygen atoms in total. The molecule has 0 N–H and O–H groups in total. The molecule has 0 spiro atoms. The lowest BCUT2D eigenvalue weighted by Crippen LogP contribution is -2.23. The lowest BCUT2D eigenvalue weighted by molar-refractivity contribution is -0.189. The zero-order chi connectivity index (χ0) is 16.7. The number of rotatable bonds is 3. The maximum absolute atomic E-state index is 12.5. The highest BCUT2D eigenvalue weighted by Gasteiger charge is 2.35. The Kier molecular flexibility index (Phi) is 3.78. The average molecular weight is 327 g/mol. The van der Waals surface area contributed by atoms with Crippen molar-refractivity contribution in [3.05, 3.63) is 52.7 Å². The zero-order valence-corrected chi connectivity index (χ0v) is 13.3. The summed E-state index contributed by atoms with van der Waals surface area (Å²) in [5.74, 6) is -0.101. The van der Waals surface area contributed by atoms with Crippen LogP contribution < -0.4 is 0 Å². The average Bonchev–Trinajstić information content (AvgIpc) is 3.07. The van der Waals surface area contributed by atoms with Gasteiger partial charge in [-0.2, -0.15) is 0 Å². The monoisotopic (exact) mass is 327 g/mol. The first-order chi connectivity index (χ1) is 11.6. The van der Waals surface area contributed by atoms with Crippen LogP contribution in [0.2, 0.25) is 0 Å². The number of aromatic nitrogens is 1. The van der Waals surface area contributed by atoms with Crippen molar-refractivity contribution in [3.63, 3.8) is 0 Å². The van der Waals surface area contributed by atoms with Gasteiger partial charge in [0.25, 0.3) is 0 Å². The van der Waals surface area contributed by atoms with Gasteiger partial charge in [0.05, 0.1) is 11.1 Å². The van der Waals surface area contributed by atoms with E-state index >= 15 is 0 Å². The summed E-state index contributed by atoms with van der Waals surface area (Å²) in [5, 5.41) is 0. The van der Waals surface area contributed by atoms with Gasteiger partial charge in [-0.1, -0.05) is 0 Å². The summed E-state index contributed by atoms with van der Waals surface area (Å²) >= 11 is 0. The molecule has 2 atom stereocenters. The van der Waals surface area contributed by atoms with Crippen molar-refractivity contribution in [1.82, 2.24) is 4.98 Å². The number of carbonyl (C=O) groups excluding carboxylic acids is 2. The van der Waals surface area contributed by atoms with Crippen LogP contribution in [0.15, 0.2) is 28.8 Å². The first-order valence-electron chi connectivity index (χ1n) is 8.10. The molecule has 2 aromatic rings. The number of fused-ring (bicyclic) bond motifs is 2. The Morgan fingerprint density at radius 3 is 2.92 bits per heavy atom. The first-order valence-corrected chi connectivity index (χ1v) is 8.10. The van der Waals surface area contributed by atoms with Gasteiger partial charge in [0, 0.05) is 12.8 Å². The van der Waals surface area contributed by atoms with Gasteiger partial charge < -0.3 is 13.9 Å². The minimum Gasteiger partial charge on any atom is -0.454 e. The van der Waals surface area contributed by atoms with E-state index in [1.165, 1.54) is 6.20 Å². The molecule has 0 aromatic carbocycles. The van der Waals surface area contributed by atoms with Crippen molar-refractivity contribution in [2.45, 2.75) is 38.6 Å². The Bertz CT molecular complexity index is 751. The van der Waals surface area contributed by atoms with Crippen LogP contribution in [0.4, 0.5) is 0 Å². The van der Waals surface area contributed by atoms with Crippen molar-refractivity contribution in [3.8, 4) is 0 Å². The van der Waals surface area contributed by atoms with Crippen molar-refractivity contribution in [2.24, 2.45) is 0 Å². The van der Waals surface area contributed by atoms with E-state index in [9.17, 15) is 9.59 Å². The maximum Gasteiger partial charge on any atom is 0.231 e. The smallest absolute Gasteiger partial charge is 0.231 e. The van der Waals surface area contributed by atoms with Gasteiger partial charge in [-0.3, -0.25) is 14.6 Å². The Hall–Kier alpha value is -2.31. The molecule has 1 fully saturated rings. The second-order valence-corrected chi connectivity index (χ2v) is 6.02. The summed E-state index contributed by atoms with van der Waals surface area (Å²) < 4.78 is 17.1. The molecule has 124 valence electrons. The lowest BCUT2D eigenvalue weighted by Gasteiger charge is -2.25. The van der Waals surface area contributed by atoms with Crippen molar-refractivity contribution >= 4 is 11.6 Å². The maximum atomic E-state index is 12.5. The van der Waals surface area contributed by atoms with E-state index in [-0.39, 0.29) is 40.4 Å². The predicted molar refractivity (Wildman–Crippen MR) is 82.9 cm³/mol. The summed E-state index contributed by atoms with van der Waals surface area (Å²) in [6.45, 7) is 2.51. The standard InChI is InChI=1S/C18H17NO5/c1-10(23-14-6-2-3-8-22-14)13-9-12-16(20)15-11(5-4-7-19-15)17(21)18(12)24-13/h4-5,7,9-10,14H,2-3,6,8H2,1H3. The predicted octanol–water partition coefficient (Wildman–Crippen LogP) is 3.05. The van der Waals surface area contributed by atoms with Crippen LogP contribution in [0.1, 0.15) is 70.2 Å². The van der Waals surface area contributed by atoms with Gasteiger partial charge in [-0.15, -0.1) is 0 Å². The van der Waals surface area contributed by atoms with Gasteiger partial charge in [0.1, 0.15) is 17.6 Å². The second kappa shape index (κ2) is 5.96. The molecule has 3 heterocycles. The normalized spacial score (nSPS) is 21.3. The van der Waals surface area contributed by atoms with Crippen LogP contribution in [-0.4, -0.2) is 29.4 Å². The van der Waals surface area contributed by atoms with Crippen molar-refractivity contribution in [2.75, 3.05) is 6.61 Å². The van der Waals surface area contributed by atoms with Crippen LogP contribution in [0.5, 0.6) is 0 Å². The van der Waals surface area contributed by atoms with Gasteiger partial charge in [-0.25, -0.2) is 0 Å². The zero-order valence-electron chi connectivity index (χ0n) is 13.3. The fourth-order valence-corrected chi connectivity index (χ4v) is 3.08. The minimum atomic E-state index is -0.407. The molecule has 1 saturated heterocycles. The highest BCUT2D eigenvalue weighted by atomic mass is 16.7. The molecule has 2 unspecified atom stereocenters. The summed E-state index contributed by atoms with van der Waals surface area (Å²) in [6.07, 6.45) is 3.75. The number of hydrogen-bond donors (Lipinski definition) is 0.